The minimum Gasteiger partial charge on any atom is -0.469 e. The molecule has 26 heavy (non-hydrogen) atoms. The number of aromatic nitrogens is 4. The van der Waals surface area contributed by atoms with Gasteiger partial charge in [-0.15, -0.1) is 10.2 Å². The van der Waals surface area contributed by atoms with Crippen molar-refractivity contribution in [2.45, 2.75) is 24.4 Å². The third-order valence-electron chi connectivity index (χ3n) is 4.08. The fourth-order valence-electron chi connectivity index (χ4n) is 2.74. The first kappa shape index (κ1) is 16.6. The van der Waals surface area contributed by atoms with E-state index >= 15 is 0 Å². The van der Waals surface area contributed by atoms with E-state index in [0.29, 0.717) is 6.54 Å². The SMILES string of the molecule is Cc1occc1-c1nnc(SCc2ccccn2)n1Cc1ccccc1. The lowest BCUT2D eigenvalue weighted by Crippen LogP contribution is -2.04. The van der Waals surface area contributed by atoms with E-state index in [1.54, 1.807) is 18.0 Å². The molecule has 0 unspecified atom stereocenters. The first-order valence-electron chi connectivity index (χ1n) is 8.35. The molecular weight excluding hydrogens is 344 g/mol. The Balaban J connectivity index is 1.67. The van der Waals surface area contributed by atoms with Crippen LogP contribution in [0.4, 0.5) is 0 Å². The summed E-state index contributed by atoms with van der Waals surface area (Å²) in [6.45, 7) is 2.65. The molecule has 0 spiro atoms. The van der Waals surface area contributed by atoms with Crippen molar-refractivity contribution in [3.63, 3.8) is 0 Å². The Morgan fingerprint density at radius 3 is 2.58 bits per heavy atom. The van der Waals surface area contributed by atoms with Crippen LogP contribution in [0.1, 0.15) is 17.0 Å². The number of pyridine rings is 1. The second kappa shape index (κ2) is 7.58. The molecular formula is C20H18N4OS. The molecule has 130 valence electrons. The maximum absolute atomic E-state index is 5.46. The fraction of sp³-hybridized carbons (Fsp3) is 0.150. The number of benzene rings is 1. The molecule has 0 N–H and O–H groups in total. The predicted octanol–water partition coefficient (Wildman–Crippen LogP) is 4.58. The second-order valence-corrected chi connectivity index (χ2v) is 6.82. The number of rotatable bonds is 6. The van der Waals surface area contributed by atoms with E-state index in [1.807, 2.05) is 55.6 Å². The Morgan fingerprint density at radius 1 is 1.00 bits per heavy atom. The third kappa shape index (κ3) is 3.55. The molecule has 4 rings (SSSR count). The molecule has 0 fully saturated rings. The highest BCUT2D eigenvalue weighted by atomic mass is 32.2. The molecule has 3 aromatic heterocycles. The summed E-state index contributed by atoms with van der Waals surface area (Å²) in [5.41, 5.74) is 3.19. The molecule has 1 aromatic carbocycles. The van der Waals surface area contributed by atoms with Gasteiger partial charge in [-0.2, -0.15) is 0 Å². The molecule has 4 aromatic rings. The maximum atomic E-state index is 5.46. The van der Waals surface area contributed by atoms with Gasteiger partial charge in [0.25, 0.3) is 0 Å². The smallest absolute Gasteiger partial charge is 0.192 e. The molecule has 0 saturated carbocycles. The van der Waals surface area contributed by atoms with E-state index in [0.717, 1.165) is 33.8 Å². The van der Waals surface area contributed by atoms with Crippen LogP contribution in [-0.2, 0) is 12.3 Å². The van der Waals surface area contributed by atoms with Gasteiger partial charge in [0.05, 0.1) is 24.1 Å². The molecule has 0 saturated heterocycles. The lowest BCUT2D eigenvalue weighted by molar-refractivity contribution is 0.534. The minimum absolute atomic E-state index is 0.707. The van der Waals surface area contributed by atoms with Crippen molar-refractivity contribution in [3.05, 3.63) is 84.1 Å². The van der Waals surface area contributed by atoms with Gasteiger partial charge in [-0.1, -0.05) is 48.2 Å². The van der Waals surface area contributed by atoms with Crippen molar-refractivity contribution >= 4 is 11.8 Å². The van der Waals surface area contributed by atoms with E-state index in [2.05, 4.69) is 31.9 Å². The van der Waals surface area contributed by atoms with Gasteiger partial charge in [0.1, 0.15) is 5.76 Å². The number of nitrogens with zero attached hydrogens (tertiary/aromatic N) is 4. The van der Waals surface area contributed by atoms with Crippen molar-refractivity contribution in [1.82, 2.24) is 19.7 Å². The van der Waals surface area contributed by atoms with Gasteiger partial charge in [0.15, 0.2) is 11.0 Å². The third-order valence-corrected chi connectivity index (χ3v) is 5.08. The molecule has 0 bridgehead atoms. The zero-order valence-electron chi connectivity index (χ0n) is 14.4. The molecule has 0 radical (unpaired) electrons. The lowest BCUT2D eigenvalue weighted by Gasteiger charge is -2.10. The van der Waals surface area contributed by atoms with Crippen LogP contribution in [0.3, 0.4) is 0 Å². The van der Waals surface area contributed by atoms with Crippen molar-refractivity contribution in [2.75, 3.05) is 0 Å². The van der Waals surface area contributed by atoms with E-state index in [4.69, 9.17) is 4.42 Å². The van der Waals surface area contributed by atoms with Gasteiger partial charge in [0, 0.05) is 11.9 Å². The van der Waals surface area contributed by atoms with E-state index in [-0.39, 0.29) is 0 Å². The summed E-state index contributed by atoms with van der Waals surface area (Å²) < 4.78 is 7.60. The van der Waals surface area contributed by atoms with Gasteiger partial charge in [0.2, 0.25) is 0 Å². The van der Waals surface area contributed by atoms with Crippen LogP contribution < -0.4 is 0 Å². The highest BCUT2D eigenvalue weighted by Crippen LogP contribution is 2.29. The second-order valence-electron chi connectivity index (χ2n) is 5.88. The number of furan rings is 1. The number of aryl methyl sites for hydroxylation is 1. The fourth-order valence-corrected chi connectivity index (χ4v) is 3.60. The number of hydrogen-bond donors (Lipinski definition) is 0. The lowest BCUT2D eigenvalue weighted by atomic mass is 10.2. The number of hydrogen-bond acceptors (Lipinski definition) is 5. The highest BCUT2D eigenvalue weighted by molar-refractivity contribution is 7.98. The Morgan fingerprint density at radius 2 is 1.85 bits per heavy atom. The Hall–Kier alpha value is -2.86. The zero-order chi connectivity index (χ0) is 17.8. The summed E-state index contributed by atoms with van der Waals surface area (Å²) in [7, 11) is 0. The summed E-state index contributed by atoms with van der Waals surface area (Å²) in [5.74, 6) is 2.41. The first-order chi connectivity index (χ1) is 12.8. The van der Waals surface area contributed by atoms with Gasteiger partial charge in [-0.05, 0) is 30.7 Å². The average Bonchev–Trinajstić information content (AvgIpc) is 3.27. The normalized spacial score (nSPS) is 11.0. The molecule has 5 nitrogen and oxygen atoms in total. The van der Waals surface area contributed by atoms with Crippen LogP contribution in [0, 0.1) is 6.92 Å². The van der Waals surface area contributed by atoms with Crippen LogP contribution in [0.2, 0.25) is 0 Å². The maximum Gasteiger partial charge on any atom is 0.192 e. The monoisotopic (exact) mass is 362 g/mol. The summed E-state index contributed by atoms with van der Waals surface area (Å²) >= 11 is 1.64. The van der Waals surface area contributed by atoms with Crippen LogP contribution in [-0.4, -0.2) is 19.7 Å². The summed E-state index contributed by atoms with van der Waals surface area (Å²) in [6.07, 6.45) is 3.50. The molecule has 3 heterocycles. The average molecular weight is 362 g/mol. The van der Waals surface area contributed by atoms with Crippen LogP contribution in [0.5, 0.6) is 0 Å². The Kier molecular flexibility index (Phi) is 4.84. The quantitative estimate of drug-likeness (QED) is 0.470. The van der Waals surface area contributed by atoms with Crippen molar-refractivity contribution < 1.29 is 4.42 Å². The number of thioether (sulfide) groups is 1. The van der Waals surface area contributed by atoms with Gasteiger partial charge < -0.3 is 4.42 Å². The minimum atomic E-state index is 0.707. The molecule has 0 aliphatic heterocycles. The van der Waals surface area contributed by atoms with E-state index < -0.39 is 0 Å². The van der Waals surface area contributed by atoms with Crippen molar-refractivity contribution in [2.24, 2.45) is 0 Å². The molecule has 0 amide bonds. The molecule has 6 heteroatoms. The van der Waals surface area contributed by atoms with Crippen molar-refractivity contribution in [1.29, 1.82) is 0 Å². The summed E-state index contributed by atoms with van der Waals surface area (Å²) in [5, 5.41) is 9.74. The highest BCUT2D eigenvalue weighted by Gasteiger charge is 2.18. The largest absolute Gasteiger partial charge is 0.469 e. The topological polar surface area (TPSA) is 56.7 Å². The summed E-state index contributed by atoms with van der Waals surface area (Å²) in [6, 6.07) is 18.2. The summed E-state index contributed by atoms with van der Waals surface area (Å²) in [4.78, 5) is 4.39. The standard InChI is InChI=1S/C20H18N4OS/c1-15-18(10-12-25-15)19-22-23-20(26-14-17-9-5-6-11-21-17)24(19)13-16-7-3-2-4-8-16/h2-12H,13-14H2,1H3. The predicted molar refractivity (Wildman–Crippen MR) is 102 cm³/mol. The van der Waals surface area contributed by atoms with Crippen LogP contribution in [0.25, 0.3) is 11.4 Å². The van der Waals surface area contributed by atoms with E-state index in [1.165, 1.54) is 5.56 Å². The van der Waals surface area contributed by atoms with Gasteiger partial charge in [-0.3, -0.25) is 9.55 Å². The van der Waals surface area contributed by atoms with E-state index in [9.17, 15) is 0 Å². The van der Waals surface area contributed by atoms with Crippen LogP contribution in [0.15, 0.2) is 76.6 Å². The Bertz CT molecular complexity index is 979. The van der Waals surface area contributed by atoms with Crippen LogP contribution >= 0.6 is 11.8 Å². The molecule has 0 aliphatic carbocycles. The zero-order valence-corrected chi connectivity index (χ0v) is 15.2. The van der Waals surface area contributed by atoms with Gasteiger partial charge >= 0.3 is 0 Å². The Labute approximate surface area is 156 Å². The first-order valence-corrected chi connectivity index (χ1v) is 9.34. The molecule has 0 aliphatic rings. The molecule has 0 atom stereocenters. The van der Waals surface area contributed by atoms with Gasteiger partial charge in [-0.25, -0.2) is 0 Å². The van der Waals surface area contributed by atoms with Crippen molar-refractivity contribution in [3.8, 4) is 11.4 Å².